The van der Waals surface area contributed by atoms with Crippen molar-refractivity contribution in [1.29, 1.82) is 0 Å². The lowest BCUT2D eigenvalue weighted by Crippen LogP contribution is -2.20. The predicted octanol–water partition coefficient (Wildman–Crippen LogP) is 4.47. The van der Waals surface area contributed by atoms with Gasteiger partial charge in [-0.25, -0.2) is 0 Å². The summed E-state index contributed by atoms with van der Waals surface area (Å²) in [5.41, 5.74) is 3.29. The van der Waals surface area contributed by atoms with Crippen molar-refractivity contribution in [2.24, 2.45) is 5.41 Å². The van der Waals surface area contributed by atoms with Crippen LogP contribution in [-0.2, 0) is 0 Å². The number of hydrogen-bond acceptors (Lipinski definition) is 1. The van der Waals surface area contributed by atoms with E-state index in [0.717, 1.165) is 5.92 Å². The topological polar surface area (TPSA) is 20.2 Å². The van der Waals surface area contributed by atoms with Crippen LogP contribution in [0.1, 0.15) is 69.4 Å². The molecule has 0 spiro atoms. The summed E-state index contributed by atoms with van der Waals surface area (Å²) in [5, 5.41) is 9.26. The first kappa shape index (κ1) is 13.6. The highest BCUT2D eigenvalue weighted by Gasteiger charge is 2.27. The van der Waals surface area contributed by atoms with Crippen LogP contribution in [0.15, 0.2) is 24.3 Å². The smallest absolute Gasteiger partial charge is 0.0497 e. The van der Waals surface area contributed by atoms with E-state index in [4.69, 9.17) is 0 Å². The number of aliphatic hydroxyl groups is 1. The summed E-state index contributed by atoms with van der Waals surface area (Å²) < 4.78 is 0. The molecule has 1 nitrogen and oxygen atoms in total. The molecule has 1 saturated carbocycles. The second-order valence-electron chi connectivity index (χ2n) is 6.69. The van der Waals surface area contributed by atoms with Crippen molar-refractivity contribution in [2.75, 3.05) is 6.61 Å². The first-order valence-electron chi connectivity index (χ1n) is 7.22. The zero-order valence-corrected chi connectivity index (χ0v) is 11.9. The Hall–Kier alpha value is -0.820. The molecule has 100 valence electrons. The fraction of sp³-hybridized carbons (Fsp3) is 0.647. The zero-order valence-electron chi connectivity index (χ0n) is 11.9. The van der Waals surface area contributed by atoms with Gasteiger partial charge in [-0.2, -0.15) is 0 Å². The highest BCUT2D eigenvalue weighted by Crippen LogP contribution is 2.42. The average molecular weight is 246 g/mol. The molecule has 0 aromatic heterocycles. The Morgan fingerprint density at radius 2 is 1.94 bits per heavy atom. The van der Waals surface area contributed by atoms with Crippen LogP contribution in [0.25, 0.3) is 0 Å². The van der Waals surface area contributed by atoms with Crippen molar-refractivity contribution in [2.45, 2.75) is 58.3 Å². The van der Waals surface area contributed by atoms with Crippen molar-refractivity contribution in [3.63, 3.8) is 0 Å². The second-order valence-corrected chi connectivity index (χ2v) is 6.69. The summed E-state index contributed by atoms with van der Waals surface area (Å²) >= 11 is 0. The third kappa shape index (κ3) is 3.14. The van der Waals surface area contributed by atoms with Gasteiger partial charge in [0.2, 0.25) is 0 Å². The van der Waals surface area contributed by atoms with Crippen LogP contribution in [0.3, 0.4) is 0 Å². The Kier molecular flexibility index (Phi) is 4.11. The van der Waals surface area contributed by atoms with Crippen LogP contribution in [0, 0.1) is 5.41 Å². The minimum atomic E-state index is 0.237. The van der Waals surface area contributed by atoms with Gasteiger partial charge in [0.15, 0.2) is 0 Å². The maximum Gasteiger partial charge on any atom is 0.0497 e. The third-order valence-electron chi connectivity index (χ3n) is 4.56. The molecule has 1 aliphatic carbocycles. The second kappa shape index (κ2) is 5.44. The fourth-order valence-corrected chi connectivity index (χ4v) is 2.96. The lowest BCUT2D eigenvalue weighted by molar-refractivity contribution is 0.224. The van der Waals surface area contributed by atoms with E-state index >= 15 is 0 Å². The highest BCUT2D eigenvalue weighted by atomic mass is 16.3. The van der Waals surface area contributed by atoms with Crippen molar-refractivity contribution in [1.82, 2.24) is 0 Å². The van der Waals surface area contributed by atoms with Gasteiger partial charge in [-0.3, -0.25) is 0 Å². The Labute approximate surface area is 111 Å². The molecule has 0 amide bonds. The summed E-state index contributed by atoms with van der Waals surface area (Å²) in [4.78, 5) is 0. The number of aliphatic hydroxyl groups excluding tert-OH is 1. The number of rotatable bonds is 3. The standard InChI is InChI=1S/C17H26O/c1-13(12-18)15-5-4-6-16(11-15)14-7-9-17(2,3)10-8-14/h4-6,11,13-14,18H,7-10,12H2,1-3H3. The SMILES string of the molecule is CC(CO)c1cccc(C2CCC(C)(C)CC2)c1. The van der Waals surface area contributed by atoms with E-state index in [1.54, 1.807) is 0 Å². The molecule has 0 bridgehead atoms. The first-order chi connectivity index (χ1) is 8.52. The van der Waals surface area contributed by atoms with Gasteiger partial charge in [0.05, 0.1) is 0 Å². The van der Waals surface area contributed by atoms with E-state index in [2.05, 4.69) is 45.0 Å². The summed E-state index contributed by atoms with van der Waals surface area (Å²) in [5.74, 6) is 0.980. The maximum absolute atomic E-state index is 9.26. The molecule has 2 rings (SSSR count). The van der Waals surface area contributed by atoms with Crippen LogP contribution >= 0.6 is 0 Å². The van der Waals surface area contributed by atoms with E-state index in [1.807, 2.05) is 0 Å². The summed E-state index contributed by atoms with van der Waals surface area (Å²) in [7, 11) is 0. The molecule has 0 radical (unpaired) electrons. The van der Waals surface area contributed by atoms with E-state index in [-0.39, 0.29) is 12.5 Å². The Bertz CT molecular complexity index is 384. The molecule has 1 aliphatic rings. The maximum atomic E-state index is 9.26. The molecular weight excluding hydrogens is 220 g/mol. The van der Waals surface area contributed by atoms with Crippen molar-refractivity contribution in [3.05, 3.63) is 35.4 Å². The van der Waals surface area contributed by atoms with Gasteiger partial charge in [0, 0.05) is 12.5 Å². The van der Waals surface area contributed by atoms with Crippen molar-refractivity contribution < 1.29 is 5.11 Å². The van der Waals surface area contributed by atoms with Gasteiger partial charge in [0.1, 0.15) is 0 Å². The molecule has 18 heavy (non-hydrogen) atoms. The molecule has 1 aromatic rings. The molecule has 0 heterocycles. The van der Waals surface area contributed by atoms with Gasteiger partial charge >= 0.3 is 0 Å². The third-order valence-corrected chi connectivity index (χ3v) is 4.56. The van der Waals surface area contributed by atoms with Crippen molar-refractivity contribution in [3.8, 4) is 0 Å². The van der Waals surface area contributed by atoms with Crippen LogP contribution in [0.2, 0.25) is 0 Å². The van der Waals surface area contributed by atoms with Crippen molar-refractivity contribution >= 4 is 0 Å². The van der Waals surface area contributed by atoms with Gasteiger partial charge in [-0.1, -0.05) is 45.0 Å². The molecule has 0 aliphatic heterocycles. The number of hydrogen-bond donors (Lipinski definition) is 1. The van der Waals surface area contributed by atoms with Crippen LogP contribution < -0.4 is 0 Å². The summed E-state index contributed by atoms with van der Waals surface area (Å²) in [6, 6.07) is 8.86. The van der Waals surface area contributed by atoms with E-state index in [0.29, 0.717) is 5.41 Å². The minimum absolute atomic E-state index is 0.237. The Morgan fingerprint density at radius 3 is 2.56 bits per heavy atom. The molecular formula is C17H26O. The Morgan fingerprint density at radius 1 is 1.28 bits per heavy atom. The molecule has 1 N–H and O–H groups in total. The van der Waals surface area contributed by atoms with Crippen LogP contribution in [0.4, 0.5) is 0 Å². The largest absolute Gasteiger partial charge is 0.396 e. The molecule has 0 saturated heterocycles. The zero-order chi connectivity index (χ0) is 13.2. The van der Waals surface area contributed by atoms with Crippen LogP contribution in [-0.4, -0.2) is 11.7 Å². The molecule has 1 unspecified atom stereocenters. The van der Waals surface area contributed by atoms with E-state index < -0.39 is 0 Å². The summed E-state index contributed by atoms with van der Waals surface area (Å²) in [6.45, 7) is 7.09. The highest BCUT2D eigenvalue weighted by molar-refractivity contribution is 5.29. The molecule has 1 aromatic carbocycles. The predicted molar refractivity (Wildman–Crippen MR) is 76.9 cm³/mol. The lowest BCUT2D eigenvalue weighted by Gasteiger charge is -2.34. The first-order valence-corrected chi connectivity index (χ1v) is 7.22. The van der Waals surface area contributed by atoms with Gasteiger partial charge in [0.25, 0.3) is 0 Å². The fourth-order valence-electron chi connectivity index (χ4n) is 2.96. The Balaban J connectivity index is 2.10. The van der Waals surface area contributed by atoms with Crippen LogP contribution in [0.5, 0.6) is 0 Å². The quantitative estimate of drug-likeness (QED) is 0.834. The summed E-state index contributed by atoms with van der Waals surface area (Å²) in [6.07, 6.45) is 5.28. The van der Waals surface area contributed by atoms with Gasteiger partial charge in [-0.15, -0.1) is 0 Å². The average Bonchev–Trinajstić information content (AvgIpc) is 2.38. The molecule has 1 atom stereocenters. The lowest BCUT2D eigenvalue weighted by atomic mass is 9.71. The molecule has 1 heteroatoms. The van der Waals surface area contributed by atoms with Gasteiger partial charge < -0.3 is 5.11 Å². The molecule has 1 fully saturated rings. The monoisotopic (exact) mass is 246 g/mol. The van der Waals surface area contributed by atoms with E-state index in [9.17, 15) is 5.11 Å². The normalized spacial score (nSPS) is 21.8. The number of benzene rings is 1. The minimum Gasteiger partial charge on any atom is -0.396 e. The van der Waals surface area contributed by atoms with Gasteiger partial charge in [-0.05, 0) is 48.1 Å². The van der Waals surface area contributed by atoms with E-state index in [1.165, 1.54) is 36.8 Å².